The van der Waals surface area contributed by atoms with Crippen LogP contribution < -0.4 is 14.8 Å². The van der Waals surface area contributed by atoms with Gasteiger partial charge < -0.3 is 10.1 Å². The van der Waals surface area contributed by atoms with Crippen LogP contribution in [0.25, 0.3) is 0 Å². The first-order valence-corrected chi connectivity index (χ1v) is 9.23. The van der Waals surface area contributed by atoms with Crippen LogP contribution in [-0.4, -0.2) is 26.7 Å². The highest BCUT2D eigenvalue weighted by atomic mass is 32.2. The van der Waals surface area contributed by atoms with E-state index in [1.807, 2.05) is 6.92 Å². The number of benzene rings is 2. The number of carbonyl (C=O) groups excluding carboxylic acids is 1. The zero-order chi connectivity index (χ0) is 17.6. The Morgan fingerprint density at radius 2 is 1.54 bits per heavy atom. The molecule has 2 aromatic carbocycles. The number of amides is 1. The van der Waals surface area contributed by atoms with Crippen molar-refractivity contribution in [2.75, 3.05) is 22.4 Å². The van der Waals surface area contributed by atoms with E-state index in [0.29, 0.717) is 23.5 Å². The third-order valence-corrected chi connectivity index (χ3v) is 4.53. The predicted octanol–water partition coefficient (Wildman–Crippen LogP) is 3.10. The molecule has 0 aliphatic carbocycles. The number of nitrogens with one attached hydrogen (secondary N) is 2. The first-order chi connectivity index (χ1) is 11.4. The van der Waals surface area contributed by atoms with Gasteiger partial charge in [0.25, 0.3) is 5.91 Å². The second-order valence-corrected chi connectivity index (χ2v) is 7.01. The van der Waals surface area contributed by atoms with Crippen molar-refractivity contribution in [3.8, 4) is 5.75 Å². The van der Waals surface area contributed by atoms with Gasteiger partial charge >= 0.3 is 0 Å². The molecule has 0 fully saturated rings. The molecule has 0 aromatic heterocycles. The predicted molar refractivity (Wildman–Crippen MR) is 95.1 cm³/mol. The molecule has 2 N–H and O–H groups in total. The van der Waals surface area contributed by atoms with E-state index < -0.39 is 10.0 Å². The second-order valence-electron chi connectivity index (χ2n) is 4.99. The molecule has 0 aliphatic rings. The molecule has 7 heteroatoms. The maximum atomic E-state index is 12.2. The van der Waals surface area contributed by atoms with Gasteiger partial charge in [-0.1, -0.05) is 0 Å². The summed E-state index contributed by atoms with van der Waals surface area (Å²) in [6, 6.07) is 13.3. The fraction of sp³-hybridized carbons (Fsp3) is 0.235. The van der Waals surface area contributed by atoms with Crippen LogP contribution in [0.2, 0.25) is 0 Å². The SMILES string of the molecule is CCOc1ccc(NC(=O)c2ccc(NS(=O)(=O)CC)cc2)cc1. The zero-order valence-corrected chi connectivity index (χ0v) is 14.4. The summed E-state index contributed by atoms with van der Waals surface area (Å²) in [6.45, 7) is 4.04. The molecule has 0 aliphatic heterocycles. The lowest BCUT2D eigenvalue weighted by Gasteiger charge is -2.09. The molecule has 0 unspecified atom stereocenters. The Balaban J connectivity index is 2.02. The maximum absolute atomic E-state index is 12.2. The van der Waals surface area contributed by atoms with Gasteiger partial charge in [-0.25, -0.2) is 8.42 Å². The number of hydrogen-bond acceptors (Lipinski definition) is 4. The molecule has 128 valence electrons. The van der Waals surface area contributed by atoms with Crippen LogP contribution in [0.4, 0.5) is 11.4 Å². The lowest BCUT2D eigenvalue weighted by molar-refractivity contribution is 0.102. The Hall–Kier alpha value is -2.54. The number of anilines is 2. The van der Waals surface area contributed by atoms with Gasteiger partial charge in [0, 0.05) is 16.9 Å². The molecule has 24 heavy (non-hydrogen) atoms. The molecule has 0 atom stereocenters. The van der Waals surface area contributed by atoms with Gasteiger partial charge in [0.2, 0.25) is 10.0 Å². The van der Waals surface area contributed by atoms with Crippen LogP contribution in [0.5, 0.6) is 5.75 Å². The molecular formula is C17H20N2O4S. The summed E-state index contributed by atoms with van der Waals surface area (Å²) in [7, 11) is -3.33. The summed E-state index contributed by atoms with van der Waals surface area (Å²) in [6.07, 6.45) is 0. The van der Waals surface area contributed by atoms with E-state index in [-0.39, 0.29) is 11.7 Å². The first kappa shape index (κ1) is 17.8. The fourth-order valence-corrected chi connectivity index (χ4v) is 2.59. The van der Waals surface area contributed by atoms with Gasteiger partial charge in [-0.15, -0.1) is 0 Å². The monoisotopic (exact) mass is 348 g/mol. The average molecular weight is 348 g/mol. The highest BCUT2D eigenvalue weighted by Gasteiger charge is 2.09. The van der Waals surface area contributed by atoms with Crippen molar-refractivity contribution in [1.82, 2.24) is 0 Å². The Morgan fingerprint density at radius 1 is 0.958 bits per heavy atom. The van der Waals surface area contributed by atoms with E-state index in [2.05, 4.69) is 10.0 Å². The van der Waals surface area contributed by atoms with Crippen molar-refractivity contribution < 1.29 is 17.9 Å². The lowest BCUT2D eigenvalue weighted by atomic mass is 10.2. The molecule has 0 radical (unpaired) electrons. The topological polar surface area (TPSA) is 84.5 Å². The number of rotatable bonds is 7. The third kappa shape index (κ3) is 4.99. The van der Waals surface area contributed by atoms with Crippen molar-refractivity contribution in [1.29, 1.82) is 0 Å². The summed E-state index contributed by atoms with van der Waals surface area (Å²) in [5.74, 6) is 0.458. The van der Waals surface area contributed by atoms with Crippen molar-refractivity contribution in [2.24, 2.45) is 0 Å². The Kier molecular flexibility index (Phi) is 5.81. The third-order valence-electron chi connectivity index (χ3n) is 3.22. The van der Waals surface area contributed by atoms with Crippen LogP contribution in [0.3, 0.4) is 0 Å². The summed E-state index contributed by atoms with van der Waals surface area (Å²) in [5.41, 5.74) is 1.51. The van der Waals surface area contributed by atoms with Gasteiger partial charge in [0.05, 0.1) is 12.4 Å². The van der Waals surface area contributed by atoms with Crippen molar-refractivity contribution in [3.63, 3.8) is 0 Å². The molecule has 6 nitrogen and oxygen atoms in total. The van der Waals surface area contributed by atoms with Crippen LogP contribution in [-0.2, 0) is 10.0 Å². The largest absolute Gasteiger partial charge is 0.494 e. The van der Waals surface area contributed by atoms with Crippen LogP contribution in [0, 0.1) is 0 Å². The first-order valence-electron chi connectivity index (χ1n) is 7.58. The Labute approximate surface area is 141 Å². The van der Waals surface area contributed by atoms with E-state index >= 15 is 0 Å². The summed E-state index contributed by atoms with van der Waals surface area (Å²) in [4.78, 5) is 12.2. The molecule has 0 heterocycles. The maximum Gasteiger partial charge on any atom is 0.255 e. The zero-order valence-electron chi connectivity index (χ0n) is 13.6. The van der Waals surface area contributed by atoms with Gasteiger partial charge in [0.15, 0.2) is 0 Å². The second kappa shape index (κ2) is 7.83. The van der Waals surface area contributed by atoms with Crippen LogP contribution in [0.15, 0.2) is 48.5 Å². The number of ether oxygens (including phenoxy) is 1. The molecular weight excluding hydrogens is 328 g/mol. The fourth-order valence-electron chi connectivity index (χ4n) is 1.95. The van der Waals surface area contributed by atoms with E-state index in [1.165, 1.54) is 0 Å². The van der Waals surface area contributed by atoms with Crippen LogP contribution in [0.1, 0.15) is 24.2 Å². The minimum Gasteiger partial charge on any atom is -0.494 e. The molecule has 0 saturated carbocycles. The van der Waals surface area contributed by atoms with E-state index in [0.717, 1.165) is 5.75 Å². The highest BCUT2D eigenvalue weighted by molar-refractivity contribution is 7.92. The molecule has 0 bridgehead atoms. The quantitative estimate of drug-likeness (QED) is 0.805. The van der Waals surface area contributed by atoms with E-state index in [1.54, 1.807) is 55.5 Å². The summed E-state index contributed by atoms with van der Waals surface area (Å²) in [5, 5.41) is 2.77. The summed E-state index contributed by atoms with van der Waals surface area (Å²) < 4.78 is 30.8. The van der Waals surface area contributed by atoms with Gasteiger partial charge in [-0.2, -0.15) is 0 Å². The molecule has 2 rings (SSSR count). The molecule has 0 saturated heterocycles. The van der Waals surface area contributed by atoms with Crippen molar-refractivity contribution in [2.45, 2.75) is 13.8 Å². The number of hydrogen-bond donors (Lipinski definition) is 2. The standard InChI is InChI=1S/C17H20N2O4S/c1-3-23-16-11-9-14(10-12-16)18-17(20)13-5-7-15(8-6-13)19-24(21,22)4-2/h5-12,19H,3-4H2,1-2H3,(H,18,20). The minimum atomic E-state index is -3.33. The van der Waals surface area contributed by atoms with Gasteiger partial charge in [-0.05, 0) is 62.4 Å². The molecule has 0 spiro atoms. The highest BCUT2D eigenvalue weighted by Crippen LogP contribution is 2.17. The van der Waals surface area contributed by atoms with Crippen molar-refractivity contribution >= 4 is 27.3 Å². The minimum absolute atomic E-state index is 0.00697. The number of sulfonamides is 1. The van der Waals surface area contributed by atoms with Gasteiger partial charge in [0.1, 0.15) is 5.75 Å². The Morgan fingerprint density at radius 3 is 2.08 bits per heavy atom. The molecule has 2 aromatic rings. The Bertz CT molecular complexity index is 784. The smallest absolute Gasteiger partial charge is 0.255 e. The lowest BCUT2D eigenvalue weighted by Crippen LogP contribution is -2.15. The van der Waals surface area contributed by atoms with E-state index in [9.17, 15) is 13.2 Å². The number of carbonyl (C=O) groups is 1. The van der Waals surface area contributed by atoms with E-state index in [4.69, 9.17) is 4.74 Å². The average Bonchev–Trinajstić information content (AvgIpc) is 2.57. The summed E-state index contributed by atoms with van der Waals surface area (Å²) >= 11 is 0. The van der Waals surface area contributed by atoms with Gasteiger partial charge in [-0.3, -0.25) is 9.52 Å². The normalized spacial score (nSPS) is 10.9. The van der Waals surface area contributed by atoms with Crippen LogP contribution >= 0.6 is 0 Å². The molecule has 1 amide bonds. The van der Waals surface area contributed by atoms with Crippen molar-refractivity contribution in [3.05, 3.63) is 54.1 Å².